The molecule has 6 fully saturated rings. The van der Waals surface area contributed by atoms with Crippen molar-refractivity contribution in [1.82, 2.24) is 0 Å². The van der Waals surface area contributed by atoms with Gasteiger partial charge < -0.3 is 59.8 Å². The van der Waals surface area contributed by atoms with Crippen LogP contribution in [0.25, 0.3) is 0 Å². The number of allylic oxidation sites excluding steroid dienone is 2. The highest BCUT2D eigenvalue weighted by atomic mass is 16.8. The molecule has 2 saturated heterocycles. The number of aliphatic hydroxyl groups is 5. The van der Waals surface area contributed by atoms with Gasteiger partial charge in [-0.1, -0.05) is 47.1 Å². The van der Waals surface area contributed by atoms with Gasteiger partial charge in [-0.15, -0.1) is 0 Å². The number of ether oxygens (including phenoxy) is 4. The minimum absolute atomic E-state index is 0.0217. The van der Waals surface area contributed by atoms with Crippen molar-refractivity contribution in [2.45, 2.75) is 174 Å². The molecular formula is C42H62O16. The quantitative estimate of drug-likeness (QED) is 0.171. The van der Waals surface area contributed by atoms with Crippen LogP contribution in [0.1, 0.15) is 106 Å². The Kier molecular flexibility index (Phi) is 10.7. The minimum atomic E-state index is -2.05. The molecule has 0 aromatic heterocycles. The fourth-order valence-electron chi connectivity index (χ4n) is 13.4. The van der Waals surface area contributed by atoms with Crippen molar-refractivity contribution in [3.05, 3.63) is 11.6 Å². The molecule has 2 aliphatic heterocycles. The van der Waals surface area contributed by atoms with Crippen molar-refractivity contribution in [2.24, 2.45) is 50.2 Å². The molecule has 7 aliphatic rings. The van der Waals surface area contributed by atoms with Crippen molar-refractivity contribution >= 4 is 23.7 Å². The van der Waals surface area contributed by atoms with Gasteiger partial charge >= 0.3 is 17.9 Å². The normalized spacial score (nSPS) is 52.6. The van der Waals surface area contributed by atoms with E-state index in [1.807, 2.05) is 26.8 Å². The topological polar surface area (TPSA) is 267 Å². The first-order chi connectivity index (χ1) is 26.8. The Morgan fingerprint density at radius 3 is 1.88 bits per heavy atom. The van der Waals surface area contributed by atoms with Gasteiger partial charge in [-0.2, -0.15) is 0 Å². The van der Waals surface area contributed by atoms with Crippen molar-refractivity contribution in [1.29, 1.82) is 0 Å². The van der Waals surface area contributed by atoms with E-state index < -0.39 is 107 Å². The van der Waals surface area contributed by atoms with Crippen LogP contribution in [0, 0.1) is 50.2 Å². The number of carboxylic acid groups (broad SMARTS) is 3. The molecule has 5 aliphatic carbocycles. The monoisotopic (exact) mass is 822 g/mol. The molecule has 0 aromatic rings. The molecule has 0 bridgehead atoms. The first-order valence-electron chi connectivity index (χ1n) is 20.7. The molecule has 0 amide bonds. The van der Waals surface area contributed by atoms with Crippen molar-refractivity contribution < 1.29 is 79.0 Å². The number of hydrogen-bond donors (Lipinski definition) is 8. The highest BCUT2D eigenvalue weighted by molar-refractivity contribution is 5.95. The Balaban J connectivity index is 1.17. The van der Waals surface area contributed by atoms with Gasteiger partial charge in [-0.25, -0.2) is 9.59 Å². The third-order valence-corrected chi connectivity index (χ3v) is 17.2. The lowest BCUT2D eigenvalue weighted by Gasteiger charge is -2.70. The third kappa shape index (κ3) is 6.25. The summed E-state index contributed by atoms with van der Waals surface area (Å²) in [7, 11) is 0. The molecule has 7 rings (SSSR count). The number of carbonyl (C=O) groups is 4. The summed E-state index contributed by atoms with van der Waals surface area (Å²) in [5.74, 6) is -4.47. The van der Waals surface area contributed by atoms with Crippen LogP contribution in [-0.2, 0) is 38.1 Å². The second-order valence-electron chi connectivity index (χ2n) is 20.6. The third-order valence-electron chi connectivity index (χ3n) is 17.2. The van der Waals surface area contributed by atoms with Crippen molar-refractivity contribution in [3.8, 4) is 0 Å². The summed E-state index contributed by atoms with van der Waals surface area (Å²) in [5.41, 5.74) is -1.81. The fraction of sp³-hybridized carbons (Fsp3) is 0.857. The van der Waals surface area contributed by atoms with E-state index in [0.717, 1.165) is 37.7 Å². The molecule has 19 atom stereocenters. The Morgan fingerprint density at radius 2 is 1.28 bits per heavy atom. The predicted molar refractivity (Wildman–Crippen MR) is 199 cm³/mol. The van der Waals surface area contributed by atoms with E-state index in [2.05, 4.69) is 27.7 Å². The maximum absolute atomic E-state index is 14.8. The number of aliphatic hydroxyl groups excluding tert-OH is 5. The number of rotatable bonds is 7. The molecule has 16 heteroatoms. The van der Waals surface area contributed by atoms with Crippen LogP contribution in [0.15, 0.2) is 11.6 Å². The largest absolute Gasteiger partial charge is 0.481 e. The molecule has 0 aromatic carbocycles. The Morgan fingerprint density at radius 1 is 0.690 bits per heavy atom. The van der Waals surface area contributed by atoms with Crippen molar-refractivity contribution in [2.75, 3.05) is 0 Å². The lowest BCUT2D eigenvalue weighted by Crippen LogP contribution is -2.68. The zero-order chi connectivity index (χ0) is 42.9. The standard InChI is InChI=1S/C42H62O16/c1-37(2)21-8-11-42(7)31(20(43)16-18-19-17-39(4,36(53)54)13-12-38(19,3)14-15-41(18,42)6)40(21,5)10-9-22(37)55-35-30(26(47)25(46)29(57-35)33(51)52)58-34-27(48)23(44)24(45)28(56-34)32(49)50/h16,19,21-31,34-35,44-48H,8-15,17H2,1-7H3,(H,49,50)(H,51,52)(H,53,54)/t19-,21-,22-,23-,24-,25-,26-,27+,28-,29-,30+,31+,34-,35-,38+,39-,40-,41+,42+/m1/s1. The van der Waals surface area contributed by atoms with E-state index >= 15 is 0 Å². The van der Waals surface area contributed by atoms with Gasteiger partial charge in [-0.3, -0.25) is 9.59 Å². The summed E-state index contributed by atoms with van der Waals surface area (Å²) in [6.07, 6.45) is -12.2. The van der Waals surface area contributed by atoms with Crippen molar-refractivity contribution in [3.63, 3.8) is 0 Å². The molecule has 0 unspecified atom stereocenters. The zero-order valence-corrected chi connectivity index (χ0v) is 34.4. The van der Waals surface area contributed by atoms with Gasteiger partial charge in [0.1, 0.15) is 36.6 Å². The maximum Gasteiger partial charge on any atom is 0.335 e. The molecule has 326 valence electrons. The molecular weight excluding hydrogens is 760 g/mol. The second-order valence-corrected chi connectivity index (χ2v) is 20.6. The van der Waals surface area contributed by atoms with E-state index in [0.29, 0.717) is 25.7 Å². The molecule has 58 heavy (non-hydrogen) atoms. The summed E-state index contributed by atoms with van der Waals surface area (Å²) in [5, 5.41) is 83.0. The molecule has 2 heterocycles. The number of carbonyl (C=O) groups excluding carboxylic acids is 1. The van der Waals surface area contributed by atoms with E-state index in [4.69, 9.17) is 18.9 Å². The first kappa shape index (κ1) is 43.5. The van der Waals surface area contributed by atoms with Crippen LogP contribution in [0.5, 0.6) is 0 Å². The van der Waals surface area contributed by atoms with E-state index in [-0.39, 0.29) is 34.4 Å². The zero-order valence-electron chi connectivity index (χ0n) is 34.4. The van der Waals surface area contributed by atoms with Gasteiger partial charge in [0.25, 0.3) is 0 Å². The van der Waals surface area contributed by atoms with Crippen LogP contribution >= 0.6 is 0 Å². The minimum Gasteiger partial charge on any atom is -0.481 e. The summed E-state index contributed by atoms with van der Waals surface area (Å²) < 4.78 is 23.4. The maximum atomic E-state index is 14.8. The average molecular weight is 823 g/mol. The fourth-order valence-corrected chi connectivity index (χ4v) is 13.4. The number of aliphatic carboxylic acids is 3. The Hall–Kier alpha value is -2.54. The van der Waals surface area contributed by atoms with E-state index in [1.54, 1.807) is 0 Å². The molecule has 0 radical (unpaired) electrons. The lowest BCUT2D eigenvalue weighted by molar-refractivity contribution is -0.371. The highest BCUT2D eigenvalue weighted by Gasteiger charge is 2.71. The Bertz CT molecular complexity index is 1730. The van der Waals surface area contributed by atoms with E-state index in [1.165, 1.54) is 0 Å². The van der Waals surface area contributed by atoms with Gasteiger partial charge in [0.15, 0.2) is 30.6 Å². The smallest absolute Gasteiger partial charge is 0.335 e. The molecule has 16 nitrogen and oxygen atoms in total. The molecule has 4 saturated carbocycles. The van der Waals surface area contributed by atoms with E-state index in [9.17, 15) is 60.0 Å². The van der Waals surface area contributed by atoms with Crippen LogP contribution in [0.3, 0.4) is 0 Å². The first-order valence-corrected chi connectivity index (χ1v) is 20.7. The molecule has 8 N–H and O–H groups in total. The number of fused-ring (bicyclic) bond motifs is 7. The average Bonchev–Trinajstić information content (AvgIpc) is 3.13. The van der Waals surface area contributed by atoms with Crippen LogP contribution in [0.4, 0.5) is 0 Å². The van der Waals surface area contributed by atoms with Gasteiger partial charge in [0, 0.05) is 5.92 Å². The number of carboxylic acids is 3. The number of ketones is 1. The number of hydrogen-bond acceptors (Lipinski definition) is 13. The van der Waals surface area contributed by atoms with Gasteiger partial charge in [-0.05, 0) is 110 Å². The van der Waals surface area contributed by atoms with Gasteiger partial charge in [0.05, 0.1) is 11.5 Å². The predicted octanol–water partition coefficient (Wildman–Crippen LogP) is 2.25. The summed E-state index contributed by atoms with van der Waals surface area (Å²) in [4.78, 5) is 51.3. The highest BCUT2D eigenvalue weighted by Crippen LogP contribution is 2.75. The van der Waals surface area contributed by atoms with Gasteiger partial charge in [0.2, 0.25) is 0 Å². The summed E-state index contributed by atoms with van der Waals surface area (Å²) >= 11 is 0. The summed E-state index contributed by atoms with van der Waals surface area (Å²) in [6, 6.07) is 0. The Labute approximate surface area is 337 Å². The van der Waals surface area contributed by atoms with Crippen LogP contribution < -0.4 is 0 Å². The summed E-state index contributed by atoms with van der Waals surface area (Å²) in [6.45, 7) is 14.8. The SMILES string of the molecule is CC1(C)[C@H]2CC[C@@]3(C)[C@@H](C(=O)C=C4[C@H]5C[C@](C)(C(=O)O)CC[C@@]5(C)CC[C@@]43C)[C@]2(C)CC[C@H]1O[C@@H]1O[C@@H](C(=O)O)[C@H](O)[C@@H](O)[C@@H]1O[C@H]1O[C@@H](C(=O)O)[C@H](O)[C@@H](O)[C@@H]1O. The van der Waals surface area contributed by atoms with Crippen LogP contribution in [0.2, 0.25) is 0 Å². The van der Waals surface area contributed by atoms with Crippen LogP contribution in [-0.4, -0.2) is 132 Å². The lowest BCUT2D eigenvalue weighted by atomic mass is 9.33. The second kappa shape index (κ2) is 14.3. The molecule has 0 spiro atoms.